The molecule has 16 heavy (non-hydrogen) atoms. The fourth-order valence-electron chi connectivity index (χ4n) is 1.77. The summed E-state index contributed by atoms with van der Waals surface area (Å²) in [6, 6.07) is 4.15. The predicted molar refractivity (Wildman–Crippen MR) is 68.3 cm³/mol. The molecule has 0 aliphatic heterocycles. The number of aromatic nitrogens is 1. The number of nitrogens with two attached hydrogens (primary N) is 1. The van der Waals surface area contributed by atoms with Crippen LogP contribution >= 0.6 is 0 Å². The second kappa shape index (κ2) is 7.36. The van der Waals surface area contributed by atoms with Gasteiger partial charge in [0.25, 0.3) is 0 Å². The smallest absolute Gasteiger partial charge is 0.0270 e. The Hall–Kier alpha value is -0.930. The number of nitrogens with zero attached hydrogens (tertiary/aromatic N) is 2. The Kier molecular flexibility index (Phi) is 6.04. The number of pyridine rings is 1. The van der Waals surface area contributed by atoms with E-state index < -0.39 is 0 Å². The summed E-state index contributed by atoms with van der Waals surface area (Å²) < 4.78 is 0. The minimum absolute atomic E-state index is 0.627. The molecular weight excluding hydrogens is 198 g/mol. The average molecular weight is 221 g/mol. The van der Waals surface area contributed by atoms with Crippen LogP contribution in [0.25, 0.3) is 0 Å². The molecule has 1 unspecified atom stereocenters. The van der Waals surface area contributed by atoms with E-state index in [1.54, 1.807) is 0 Å². The van der Waals surface area contributed by atoms with Gasteiger partial charge in [0, 0.05) is 25.5 Å². The van der Waals surface area contributed by atoms with Crippen molar-refractivity contribution in [3.05, 3.63) is 30.1 Å². The minimum Gasteiger partial charge on any atom is -0.330 e. The van der Waals surface area contributed by atoms with Crippen molar-refractivity contribution in [3.8, 4) is 0 Å². The lowest BCUT2D eigenvalue weighted by atomic mass is 10.1. The van der Waals surface area contributed by atoms with E-state index in [4.69, 9.17) is 5.73 Å². The van der Waals surface area contributed by atoms with E-state index in [2.05, 4.69) is 36.0 Å². The van der Waals surface area contributed by atoms with E-state index in [0.29, 0.717) is 5.92 Å². The van der Waals surface area contributed by atoms with Crippen molar-refractivity contribution in [2.24, 2.45) is 11.7 Å². The van der Waals surface area contributed by atoms with E-state index in [0.717, 1.165) is 32.5 Å². The molecule has 0 radical (unpaired) electrons. The topological polar surface area (TPSA) is 42.1 Å². The van der Waals surface area contributed by atoms with Crippen LogP contribution in [0.5, 0.6) is 0 Å². The van der Waals surface area contributed by atoms with Crippen LogP contribution in [0.15, 0.2) is 24.5 Å². The summed E-state index contributed by atoms with van der Waals surface area (Å²) in [5.41, 5.74) is 7.05. The first-order valence-electron chi connectivity index (χ1n) is 6.03. The Balaban J connectivity index is 2.27. The molecule has 1 rings (SSSR count). The zero-order valence-electron chi connectivity index (χ0n) is 10.4. The lowest BCUT2D eigenvalue weighted by molar-refractivity contribution is 0.277. The van der Waals surface area contributed by atoms with Gasteiger partial charge in [0.05, 0.1) is 0 Å². The first-order chi connectivity index (χ1) is 7.76. The fraction of sp³-hybridized carbons (Fsp3) is 0.615. The highest BCUT2D eigenvalue weighted by atomic mass is 15.1. The van der Waals surface area contributed by atoms with Crippen molar-refractivity contribution >= 4 is 0 Å². The van der Waals surface area contributed by atoms with Gasteiger partial charge in [0.1, 0.15) is 0 Å². The first kappa shape index (κ1) is 13.1. The molecule has 0 spiro atoms. The summed E-state index contributed by atoms with van der Waals surface area (Å²) in [5, 5.41) is 0. The summed E-state index contributed by atoms with van der Waals surface area (Å²) in [7, 11) is 2.17. The summed E-state index contributed by atoms with van der Waals surface area (Å²) in [5.74, 6) is 0.627. The molecule has 0 aliphatic carbocycles. The van der Waals surface area contributed by atoms with Gasteiger partial charge in [-0.1, -0.05) is 13.3 Å². The van der Waals surface area contributed by atoms with Crippen LogP contribution in [-0.4, -0.2) is 36.6 Å². The second-order valence-corrected chi connectivity index (χ2v) is 4.38. The lowest BCUT2D eigenvalue weighted by Crippen LogP contribution is -2.31. The summed E-state index contributed by atoms with van der Waals surface area (Å²) in [6.07, 6.45) is 5.95. The Morgan fingerprint density at radius 3 is 2.62 bits per heavy atom. The zero-order valence-corrected chi connectivity index (χ0v) is 10.4. The van der Waals surface area contributed by atoms with E-state index >= 15 is 0 Å². The van der Waals surface area contributed by atoms with Crippen LogP contribution in [-0.2, 0) is 6.42 Å². The van der Waals surface area contributed by atoms with Crippen LogP contribution in [0.1, 0.15) is 18.9 Å². The van der Waals surface area contributed by atoms with Gasteiger partial charge in [-0.05, 0) is 43.6 Å². The highest BCUT2D eigenvalue weighted by molar-refractivity contribution is 5.09. The van der Waals surface area contributed by atoms with Crippen LogP contribution < -0.4 is 5.73 Å². The van der Waals surface area contributed by atoms with Gasteiger partial charge in [0.2, 0.25) is 0 Å². The lowest BCUT2D eigenvalue weighted by Gasteiger charge is -2.21. The molecule has 0 aliphatic rings. The Labute approximate surface area is 98.7 Å². The number of likely N-dealkylation sites (N-methyl/N-ethyl adjacent to an activating group) is 1. The molecule has 0 fully saturated rings. The van der Waals surface area contributed by atoms with Crippen LogP contribution in [0.2, 0.25) is 0 Å². The molecule has 0 amide bonds. The van der Waals surface area contributed by atoms with Gasteiger partial charge in [0.15, 0.2) is 0 Å². The predicted octanol–water partition coefficient (Wildman–Crippen LogP) is 1.54. The van der Waals surface area contributed by atoms with E-state index in [1.165, 1.54) is 5.56 Å². The SMILES string of the molecule is CCC(CN)CN(C)CCc1ccncc1. The standard InChI is InChI=1S/C13H23N3/c1-3-12(10-14)11-16(2)9-6-13-4-7-15-8-5-13/h4-5,7-8,12H,3,6,9-11,14H2,1-2H3. The van der Waals surface area contributed by atoms with Crippen LogP contribution in [0, 0.1) is 5.92 Å². The van der Waals surface area contributed by atoms with Crippen molar-refractivity contribution in [1.82, 2.24) is 9.88 Å². The molecule has 0 saturated heterocycles. The number of rotatable bonds is 7. The van der Waals surface area contributed by atoms with Crippen LogP contribution in [0.4, 0.5) is 0 Å². The molecule has 1 aromatic rings. The van der Waals surface area contributed by atoms with Crippen molar-refractivity contribution in [1.29, 1.82) is 0 Å². The highest BCUT2D eigenvalue weighted by Crippen LogP contribution is 2.04. The first-order valence-corrected chi connectivity index (χ1v) is 6.03. The average Bonchev–Trinajstić information content (AvgIpc) is 2.34. The summed E-state index contributed by atoms with van der Waals surface area (Å²) >= 11 is 0. The molecule has 2 N–H and O–H groups in total. The van der Waals surface area contributed by atoms with Gasteiger partial charge in [-0.15, -0.1) is 0 Å². The Bertz CT molecular complexity index is 270. The fourth-order valence-corrected chi connectivity index (χ4v) is 1.77. The third-order valence-corrected chi connectivity index (χ3v) is 3.01. The quantitative estimate of drug-likeness (QED) is 0.759. The Morgan fingerprint density at radius 2 is 2.06 bits per heavy atom. The van der Waals surface area contributed by atoms with Gasteiger partial charge in [-0.25, -0.2) is 0 Å². The second-order valence-electron chi connectivity index (χ2n) is 4.38. The molecule has 1 atom stereocenters. The molecule has 0 aromatic carbocycles. The number of hydrogen-bond donors (Lipinski definition) is 1. The van der Waals surface area contributed by atoms with Crippen molar-refractivity contribution < 1.29 is 0 Å². The van der Waals surface area contributed by atoms with Crippen LogP contribution in [0.3, 0.4) is 0 Å². The van der Waals surface area contributed by atoms with Gasteiger partial charge in [-0.3, -0.25) is 4.98 Å². The summed E-state index contributed by atoms with van der Waals surface area (Å²) in [6.45, 7) is 5.17. The molecule has 0 bridgehead atoms. The maximum atomic E-state index is 5.70. The molecule has 0 saturated carbocycles. The monoisotopic (exact) mass is 221 g/mol. The molecular formula is C13H23N3. The van der Waals surface area contributed by atoms with E-state index in [-0.39, 0.29) is 0 Å². The maximum absolute atomic E-state index is 5.70. The molecule has 3 heteroatoms. The van der Waals surface area contributed by atoms with E-state index in [1.807, 2.05) is 12.4 Å². The minimum atomic E-state index is 0.627. The van der Waals surface area contributed by atoms with Gasteiger partial charge in [-0.2, -0.15) is 0 Å². The molecule has 3 nitrogen and oxygen atoms in total. The maximum Gasteiger partial charge on any atom is 0.0270 e. The third-order valence-electron chi connectivity index (χ3n) is 3.01. The van der Waals surface area contributed by atoms with Crippen molar-refractivity contribution in [2.45, 2.75) is 19.8 Å². The Morgan fingerprint density at radius 1 is 1.38 bits per heavy atom. The van der Waals surface area contributed by atoms with Crippen molar-refractivity contribution in [3.63, 3.8) is 0 Å². The molecule has 90 valence electrons. The zero-order chi connectivity index (χ0) is 11.8. The van der Waals surface area contributed by atoms with Gasteiger partial charge >= 0.3 is 0 Å². The summed E-state index contributed by atoms with van der Waals surface area (Å²) in [4.78, 5) is 6.38. The largest absolute Gasteiger partial charge is 0.330 e. The number of hydrogen-bond acceptors (Lipinski definition) is 3. The third kappa shape index (κ3) is 4.73. The van der Waals surface area contributed by atoms with Gasteiger partial charge < -0.3 is 10.6 Å². The molecule has 1 heterocycles. The van der Waals surface area contributed by atoms with E-state index in [9.17, 15) is 0 Å². The highest BCUT2D eigenvalue weighted by Gasteiger charge is 2.07. The normalized spacial score (nSPS) is 13.0. The van der Waals surface area contributed by atoms with Crippen molar-refractivity contribution in [2.75, 3.05) is 26.7 Å². The molecule has 1 aromatic heterocycles.